The monoisotopic (exact) mass is 313 g/mol. The summed E-state index contributed by atoms with van der Waals surface area (Å²) in [7, 11) is 0. The molecule has 0 bridgehead atoms. The number of nitrogens with zero attached hydrogens (tertiary/aromatic N) is 1. The molecular formula is C15H20ClNO2S. The minimum absolute atomic E-state index is 0.0476. The highest BCUT2D eigenvalue weighted by molar-refractivity contribution is 7.99. The Bertz CT molecular complexity index is 438. The van der Waals surface area contributed by atoms with Gasteiger partial charge in [0.15, 0.2) is 0 Å². The lowest BCUT2D eigenvalue weighted by atomic mass is 10.2. The fourth-order valence-electron chi connectivity index (χ4n) is 2.44. The highest BCUT2D eigenvalue weighted by Crippen LogP contribution is 2.22. The quantitative estimate of drug-likeness (QED) is 0.647. The van der Waals surface area contributed by atoms with Crippen LogP contribution >= 0.6 is 23.4 Å². The molecule has 1 N–H and O–H groups in total. The van der Waals surface area contributed by atoms with Gasteiger partial charge in [0, 0.05) is 22.9 Å². The molecule has 1 aromatic carbocycles. The third-order valence-corrected chi connectivity index (χ3v) is 4.88. The van der Waals surface area contributed by atoms with E-state index in [2.05, 4.69) is 0 Å². The first kappa shape index (κ1) is 15.7. The smallest absolute Gasteiger partial charge is 0.222 e. The lowest BCUT2D eigenvalue weighted by Gasteiger charge is -2.22. The van der Waals surface area contributed by atoms with E-state index in [9.17, 15) is 9.90 Å². The molecule has 0 spiro atoms. The summed E-state index contributed by atoms with van der Waals surface area (Å²) in [5.41, 5.74) is 0. The maximum absolute atomic E-state index is 12.1. The van der Waals surface area contributed by atoms with Gasteiger partial charge in [0.25, 0.3) is 0 Å². The van der Waals surface area contributed by atoms with Crippen molar-refractivity contribution in [1.82, 2.24) is 4.90 Å². The second-order valence-electron chi connectivity index (χ2n) is 4.97. The SMILES string of the molecule is O=C(CCCSc1ccc(Cl)cc1)N1CCC[C@H]1CO. The Kier molecular flexibility index (Phi) is 6.20. The Hall–Kier alpha value is -0.710. The Labute approximate surface area is 129 Å². The van der Waals surface area contributed by atoms with E-state index >= 15 is 0 Å². The molecule has 3 nitrogen and oxygen atoms in total. The number of carbonyl (C=O) groups excluding carboxylic acids is 1. The van der Waals surface area contributed by atoms with Gasteiger partial charge in [-0.05, 0) is 49.3 Å². The number of hydrogen-bond acceptors (Lipinski definition) is 3. The number of thioether (sulfide) groups is 1. The fourth-order valence-corrected chi connectivity index (χ4v) is 3.42. The van der Waals surface area contributed by atoms with Crippen LogP contribution < -0.4 is 0 Å². The van der Waals surface area contributed by atoms with Crippen molar-refractivity contribution in [3.8, 4) is 0 Å². The van der Waals surface area contributed by atoms with E-state index in [-0.39, 0.29) is 18.6 Å². The maximum Gasteiger partial charge on any atom is 0.222 e. The average Bonchev–Trinajstić information content (AvgIpc) is 2.94. The van der Waals surface area contributed by atoms with E-state index in [1.165, 1.54) is 4.90 Å². The van der Waals surface area contributed by atoms with Crippen molar-refractivity contribution in [2.24, 2.45) is 0 Å². The molecule has 0 saturated carbocycles. The van der Waals surface area contributed by atoms with E-state index in [1.807, 2.05) is 29.2 Å². The van der Waals surface area contributed by atoms with Crippen LogP contribution in [0, 0.1) is 0 Å². The number of halogens is 1. The summed E-state index contributed by atoms with van der Waals surface area (Å²) in [5.74, 6) is 1.10. The molecule has 1 atom stereocenters. The lowest BCUT2D eigenvalue weighted by Crippen LogP contribution is -2.37. The molecule has 5 heteroatoms. The van der Waals surface area contributed by atoms with Gasteiger partial charge in [0.1, 0.15) is 0 Å². The molecule has 1 aliphatic rings. The largest absolute Gasteiger partial charge is 0.394 e. The summed E-state index contributed by atoms with van der Waals surface area (Å²) >= 11 is 7.58. The Morgan fingerprint density at radius 2 is 2.15 bits per heavy atom. The number of amides is 1. The number of carbonyl (C=O) groups is 1. The molecule has 1 saturated heterocycles. The van der Waals surface area contributed by atoms with Crippen LogP contribution in [0.5, 0.6) is 0 Å². The first-order valence-electron chi connectivity index (χ1n) is 6.99. The van der Waals surface area contributed by atoms with Gasteiger partial charge in [-0.15, -0.1) is 11.8 Å². The summed E-state index contributed by atoms with van der Waals surface area (Å²) < 4.78 is 0. The molecule has 0 unspecified atom stereocenters. The number of benzene rings is 1. The Balaban J connectivity index is 1.68. The number of rotatable bonds is 6. The van der Waals surface area contributed by atoms with Crippen LogP contribution in [-0.2, 0) is 4.79 Å². The van der Waals surface area contributed by atoms with Gasteiger partial charge in [-0.25, -0.2) is 0 Å². The number of hydrogen-bond donors (Lipinski definition) is 1. The molecule has 1 fully saturated rings. The van der Waals surface area contributed by atoms with Crippen molar-refractivity contribution in [1.29, 1.82) is 0 Å². The predicted octanol–water partition coefficient (Wildman–Crippen LogP) is 3.20. The normalized spacial score (nSPS) is 18.5. The van der Waals surface area contributed by atoms with Crippen LogP contribution in [-0.4, -0.2) is 40.9 Å². The second-order valence-corrected chi connectivity index (χ2v) is 6.58. The zero-order chi connectivity index (χ0) is 14.4. The van der Waals surface area contributed by atoms with Crippen LogP contribution in [0.1, 0.15) is 25.7 Å². The first-order valence-corrected chi connectivity index (χ1v) is 8.36. The van der Waals surface area contributed by atoms with Gasteiger partial charge in [0.2, 0.25) is 5.91 Å². The third-order valence-electron chi connectivity index (χ3n) is 3.53. The molecular weight excluding hydrogens is 294 g/mol. The lowest BCUT2D eigenvalue weighted by molar-refractivity contribution is -0.132. The van der Waals surface area contributed by atoms with Crippen molar-refractivity contribution in [2.45, 2.75) is 36.6 Å². The van der Waals surface area contributed by atoms with Crippen LogP contribution in [0.4, 0.5) is 0 Å². The topological polar surface area (TPSA) is 40.5 Å². The molecule has 110 valence electrons. The summed E-state index contributed by atoms with van der Waals surface area (Å²) in [4.78, 5) is 15.1. The molecule has 0 radical (unpaired) electrons. The molecule has 1 amide bonds. The van der Waals surface area contributed by atoms with E-state index in [0.29, 0.717) is 6.42 Å². The van der Waals surface area contributed by atoms with E-state index < -0.39 is 0 Å². The van der Waals surface area contributed by atoms with Crippen LogP contribution in [0.25, 0.3) is 0 Å². The van der Waals surface area contributed by atoms with Gasteiger partial charge in [-0.3, -0.25) is 4.79 Å². The average molecular weight is 314 g/mol. The van der Waals surface area contributed by atoms with E-state index in [4.69, 9.17) is 11.6 Å². The number of aliphatic hydroxyl groups excluding tert-OH is 1. The van der Waals surface area contributed by atoms with Crippen LogP contribution in [0.15, 0.2) is 29.2 Å². The standard InChI is InChI=1S/C15H20ClNO2S/c16-12-5-7-14(8-6-12)20-10-2-4-15(19)17-9-1-3-13(17)11-18/h5-8,13,18H,1-4,9-11H2/t13-/m0/s1. The van der Waals surface area contributed by atoms with E-state index in [0.717, 1.165) is 36.6 Å². The zero-order valence-corrected chi connectivity index (χ0v) is 13.0. The number of likely N-dealkylation sites (tertiary alicyclic amines) is 1. The van der Waals surface area contributed by atoms with Crippen molar-refractivity contribution in [2.75, 3.05) is 18.9 Å². The minimum Gasteiger partial charge on any atom is -0.394 e. The van der Waals surface area contributed by atoms with Gasteiger partial charge >= 0.3 is 0 Å². The molecule has 20 heavy (non-hydrogen) atoms. The molecule has 1 aromatic rings. The number of aliphatic hydroxyl groups is 1. The summed E-state index contributed by atoms with van der Waals surface area (Å²) in [6.07, 6.45) is 3.37. The highest BCUT2D eigenvalue weighted by atomic mass is 35.5. The minimum atomic E-state index is 0.0476. The maximum atomic E-state index is 12.1. The van der Waals surface area contributed by atoms with Crippen LogP contribution in [0.3, 0.4) is 0 Å². The fraction of sp³-hybridized carbons (Fsp3) is 0.533. The van der Waals surface area contributed by atoms with Crippen LogP contribution in [0.2, 0.25) is 5.02 Å². The highest BCUT2D eigenvalue weighted by Gasteiger charge is 2.27. The zero-order valence-electron chi connectivity index (χ0n) is 11.4. The predicted molar refractivity (Wildman–Crippen MR) is 83.2 cm³/mol. The van der Waals surface area contributed by atoms with E-state index in [1.54, 1.807) is 11.8 Å². The molecule has 1 aliphatic heterocycles. The van der Waals surface area contributed by atoms with Gasteiger partial charge in [-0.2, -0.15) is 0 Å². The van der Waals surface area contributed by atoms with Gasteiger partial charge in [0.05, 0.1) is 12.6 Å². The molecule has 2 rings (SSSR count). The summed E-state index contributed by atoms with van der Waals surface area (Å²) in [5, 5.41) is 9.96. The summed E-state index contributed by atoms with van der Waals surface area (Å²) in [6.45, 7) is 0.889. The third kappa shape index (κ3) is 4.40. The molecule has 0 aliphatic carbocycles. The molecule has 1 heterocycles. The van der Waals surface area contributed by atoms with Gasteiger partial charge in [-0.1, -0.05) is 11.6 Å². The van der Waals surface area contributed by atoms with Crippen molar-refractivity contribution >= 4 is 29.3 Å². The van der Waals surface area contributed by atoms with Crippen molar-refractivity contribution in [3.63, 3.8) is 0 Å². The first-order chi connectivity index (χ1) is 9.70. The molecule has 0 aromatic heterocycles. The van der Waals surface area contributed by atoms with Crippen molar-refractivity contribution < 1.29 is 9.90 Å². The Morgan fingerprint density at radius 1 is 1.40 bits per heavy atom. The summed E-state index contributed by atoms with van der Waals surface area (Å²) in [6, 6.07) is 7.80. The van der Waals surface area contributed by atoms with Crippen molar-refractivity contribution in [3.05, 3.63) is 29.3 Å². The Morgan fingerprint density at radius 3 is 2.85 bits per heavy atom. The second kappa shape index (κ2) is 7.91. The van der Waals surface area contributed by atoms with Gasteiger partial charge < -0.3 is 10.0 Å².